The first-order valence-electron chi connectivity index (χ1n) is 9.50. The molecule has 0 saturated heterocycles. The average Bonchev–Trinajstić information content (AvgIpc) is 2.67. The molecular weight excluding hydrogens is 467 g/mol. The van der Waals surface area contributed by atoms with Crippen LogP contribution in [-0.2, 0) is 0 Å². The molecule has 0 aliphatic rings. The molecule has 0 saturated carbocycles. The van der Waals surface area contributed by atoms with Gasteiger partial charge in [-0.3, -0.25) is 5.32 Å². The van der Waals surface area contributed by atoms with E-state index in [1.165, 1.54) is 0 Å². The standard InChI is InChI=1S/C21H25BrF3NO4/c22-16-7-9-17(10-8-16)30-18(2-1-12-21(23,24)25)14-3-5-15(6-4-14)20(29)26-13-11-19(27)28/h3-10,18-20,26-29H,1-2,11-13H2. The minimum Gasteiger partial charge on any atom is -0.486 e. The normalized spacial score (nSPS) is 14.0. The highest BCUT2D eigenvalue weighted by molar-refractivity contribution is 9.10. The Morgan fingerprint density at radius 2 is 1.50 bits per heavy atom. The summed E-state index contributed by atoms with van der Waals surface area (Å²) in [5.41, 5.74) is 1.24. The van der Waals surface area contributed by atoms with Crippen molar-refractivity contribution in [2.45, 2.75) is 50.5 Å². The highest BCUT2D eigenvalue weighted by Gasteiger charge is 2.27. The summed E-state index contributed by atoms with van der Waals surface area (Å²) in [6.07, 6.45) is -7.96. The van der Waals surface area contributed by atoms with Crippen LogP contribution in [-0.4, -0.2) is 34.3 Å². The number of ether oxygens (including phenoxy) is 1. The molecule has 0 fully saturated rings. The van der Waals surface area contributed by atoms with Gasteiger partial charge in [-0.2, -0.15) is 13.2 Å². The molecule has 2 aromatic rings. The first-order chi connectivity index (χ1) is 14.1. The Balaban J connectivity index is 2.07. The van der Waals surface area contributed by atoms with Crippen LogP contribution in [0, 0.1) is 0 Å². The fourth-order valence-corrected chi connectivity index (χ4v) is 3.08. The minimum atomic E-state index is -4.22. The molecule has 0 spiro atoms. The highest BCUT2D eigenvalue weighted by atomic mass is 79.9. The summed E-state index contributed by atoms with van der Waals surface area (Å²) in [6.45, 7) is 0.202. The van der Waals surface area contributed by atoms with Crippen molar-refractivity contribution in [2.75, 3.05) is 6.54 Å². The van der Waals surface area contributed by atoms with Gasteiger partial charge in [0.05, 0.1) is 0 Å². The predicted molar refractivity (Wildman–Crippen MR) is 110 cm³/mol. The zero-order valence-corrected chi connectivity index (χ0v) is 17.7. The van der Waals surface area contributed by atoms with Crippen LogP contribution in [0.3, 0.4) is 0 Å². The molecule has 0 amide bonds. The summed E-state index contributed by atoms with van der Waals surface area (Å²) in [4.78, 5) is 0. The largest absolute Gasteiger partial charge is 0.486 e. The number of hydrogen-bond donors (Lipinski definition) is 4. The number of alkyl halides is 3. The summed E-state index contributed by atoms with van der Waals surface area (Å²) >= 11 is 3.33. The van der Waals surface area contributed by atoms with Gasteiger partial charge >= 0.3 is 6.18 Å². The van der Waals surface area contributed by atoms with Crippen LogP contribution in [0.25, 0.3) is 0 Å². The van der Waals surface area contributed by atoms with Crippen molar-refractivity contribution in [3.8, 4) is 5.75 Å². The van der Waals surface area contributed by atoms with Crippen molar-refractivity contribution in [1.82, 2.24) is 5.32 Å². The van der Waals surface area contributed by atoms with Gasteiger partial charge in [0.15, 0.2) is 6.29 Å². The molecule has 2 unspecified atom stereocenters. The van der Waals surface area contributed by atoms with Gasteiger partial charge in [-0.15, -0.1) is 0 Å². The van der Waals surface area contributed by atoms with E-state index < -0.39 is 31.2 Å². The van der Waals surface area contributed by atoms with E-state index in [0.29, 0.717) is 16.9 Å². The average molecular weight is 492 g/mol. The van der Waals surface area contributed by atoms with Crippen LogP contribution in [0.5, 0.6) is 5.75 Å². The van der Waals surface area contributed by atoms with Crippen molar-refractivity contribution in [2.24, 2.45) is 0 Å². The lowest BCUT2D eigenvalue weighted by atomic mass is 10.0. The number of benzene rings is 2. The van der Waals surface area contributed by atoms with E-state index in [9.17, 15) is 18.3 Å². The topological polar surface area (TPSA) is 82.0 Å². The summed E-state index contributed by atoms with van der Waals surface area (Å²) in [5, 5.41) is 30.5. The monoisotopic (exact) mass is 491 g/mol. The quantitative estimate of drug-likeness (QED) is 0.346. The van der Waals surface area contributed by atoms with E-state index in [1.807, 2.05) is 0 Å². The van der Waals surface area contributed by atoms with Crippen molar-refractivity contribution in [1.29, 1.82) is 0 Å². The van der Waals surface area contributed by atoms with Gasteiger partial charge in [-0.1, -0.05) is 40.2 Å². The Morgan fingerprint density at radius 3 is 2.07 bits per heavy atom. The van der Waals surface area contributed by atoms with Crippen molar-refractivity contribution < 1.29 is 33.2 Å². The Labute approximate surface area is 181 Å². The fourth-order valence-electron chi connectivity index (χ4n) is 2.82. The molecule has 2 atom stereocenters. The molecule has 166 valence electrons. The van der Waals surface area contributed by atoms with Crippen LogP contribution in [0.4, 0.5) is 13.2 Å². The molecule has 30 heavy (non-hydrogen) atoms. The zero-order valence-electron chi connectivity index (χ0n) is 16.1. The first kappa shape index (κ1) is 24.6. The Bertz CT molecular complexity index is 754. The van der Waals surface area contributed by atoms with E-state index in [0.717, 1.165) is 4.47 Å². The van der Waals surface area contributed by atoms with Crippen molar-refractivity contribution in [3.05, 3.63) is 64.1 Å². The maximum atomic E-state index is 12.6. The van der Waals surface area contributed by atoms with Crippen LogP contribution in [0.1, 0.15) is 49.1 Å². The first-order valence-corrected chi connectivity index (χ1v) is 10.3. The van der Waals surface area contributed by atoms with E-state index in [4.69, 9.17) is 14.9 Å². The van der Waals surface area contributed by atoms with Crippen LogP contribution in [0.2, 0.25) is 0 Å². The highest BCUT2D eigenvalue weighted by Crippen LogP contribution is 2.31. The van der Waals surface area contributed by atoms with Gasteiger partial charge in [-0.05, 0) is 48.2 Å². The Hall–Kier alpha value is -1.65. The molecule has 2 rings (SSSR count). The number of nitrogens with one attached hydrogen (secondary N) is 1. The summed E-state index contributed by atoms with van der Waals surface area (Å²) in [6, 6.07) is 13.8. The van der Waals surface area contributed by atoms with E-state index in [-0.39, 0.29) is 25.8 Å². The van der Waals surface area contributed by atoms with E-state index in [1.54, 1.807) is 48.5 Å². The Kier molecular flexibility index (Phi) is 9.57. The smallest absolute Gasteiger partial charge is 0.389 e. The summed E-state index contributed by atoms with van der Waals surface area (Å²) in [5.74, 6) is 0.545. The summed E-state index contributed by atoms with van der Waals surface area (Å²) < 4.78 is 44.5. The molecule has 4 N–H and O–H groups in total. The number of aliphatic hydroxyl groups excluding tert-OH is 2. The molecule has 0 aromatic heterocycles. The van der Waals surface area contributed by atoms with Crippen LogP contribution >= 0.6 is 15.9 Å². The van der Waals surface area contributed by atoms with E-state index in [2.05, 4.69) is 21.2 Å². The molecule has 0 bridgehead atoms. The van der Waals surface area contributed by atoms with Gasteiger partial charge < -0.3 is 20.1 Å². The van der Waals surface area contributed by atoms with Crippen molar-refractivity contribution >= 4 is 15.9 Å². The number of rotatable bonds is 11. The molecule has 0 heterocycles. The molecule has 0 aliphatic heterocycles. The second kappa shape index (κ2) is 11.7. The molecule has 0 aliphatic carbocycles. The second-order valence-electron chi connectivity index (χ2n) is 6.86. The Morgan fingerprint density at radius 1 is 0.900 bits per heavy atom. The molecule has 0 radical (unpaired) electrons. The zero-order chi connectivity index (χ0) is 22.1. The molecular formula is C21H25BrF3NO4. The molecule has 2 aromatic carbocycles. The minimum absolute atomic E-state index is 0.0669. The van der Waals surface area contributed by atoms with Crippen LogP contribution < -0.4 is 10.1 Å². The lowest BCUT2D eigenvalue weighted by Gasteiger charge is -2.21. The van der Waals surface area contributed by atoms with Gasteiger partial charge in [0.1, 0.15) is 18.1 Å². The molecule has 5 nitrogen and oxygen atoms in total. The fraction of sp³-hybridized carbons (Fsp3) is 0.429. The third-order valence-corrected chi connectivity index (χ3v) is 4.91. The SMILES string of the molecule is OC(O)CCNC(O)c1ccc(C(CCCC(F)(F)F)Oc2ccc(Br)cc2)cc1. The van der Waals surface area contributed by atoms with Gasteiger partial charge in [0, 0.05) is 23.9 Å². The molecule has 9 heteroatoms. The number of hydrogen-bond acceptors (Lipinski definition) is 5. The van der Waals surface area contributed by atoms with Gasteiger partial charge in [0.25, 0.3) is 0 Å². The van der Waals surface area contributed by atoms with Gasteiger partial charge in [0.2, 0.25) is 0 Å². The lowest BCUT2D eigenvalue weighted by molar-refractivity contribution is -0.136. The lowest BCUT2D eigenvalue weighted by Crippen LogP contribution is -2.25. The maximum absolute atomic E-state index is 12.6. The van der Waals surface area contributed by atoms with E-state index >= 15 is 0 Å². The second-order valence-corrected chi connectivity index (χ2v) is 7.78. The third-order valence-electron chi connectivity index (χ3n) is 4.38. The third kappa shape index (κ3) is 9.01. The summed E-state index contributed by atoms with van der Waals surface area (Å²) in [7, 11) is 0. The maximum Gasteiger partial charge on any atom is 0.389 e. The van der Waals surface area contributed by atoms with Crippen LogP contribution in [0.15, 0.2) is 53.0 Å². The number of aliphatic hydroxyl groups is 3. The predicted octanol–water partition coefficient (Wildman–Crippen LogP) is 4.58. The number of halogens is 4. The van der Waals surface area contributed by atoms with Gasteiger partial charge in [-0.25, -0.2) is 0 Å². The van der Waals surface area contributed by atoms with Crippen molar-refractivity contribution in [3.63, 3.8) is 0 Å².